The summed E-state index contributed by atoms with van der Waals surface area (Å²) in [5, 5.41) is 5.84. The Morgan fingerprint density at radius 1 is 1.10 bits per heavy atom. The van der Waals surface area contributed by atoms with Gasteiger partial charge in [-0.05, 0) is 37.3 Å². The van der Waals surface area contributed by atoms with Crippen molar-refractivity contribution < 1.29 is 14.0 Å². The minimum Gasteiger partial charge on any atom is -0.303 e. The number of H-pyrrole nitrogens is 1. The van der Waals surface area contributed by atoms with E-state index in [2.05, 4.69) is 10.4 Å². The number of benzene rings is 2. The highest BCUT2D eigenvalue weighted by Crippen LogP contribution is 2.19. The lowest BCUT2D eigenvalue weighted by Gasteiger charge is -2.12. The van der Waals surface area contributed by atoms with Gasteiger partial charge in [0.15, 0.2) is 0 Å². The number of rotatable bonds is 4. The highest BCUT2D eigenvalue weighted by atomic mass is 35.5. The van der Waals surface area contributed by atoms with Crippen LogP contribution in [0.1, 0.15) is 16.8 Å². The maximum absolute atomic E-state index is 13.9. The second-order valence-electron chi connectivity index (χ2n) is 6.74. The number of nitrogens with one attached hydrogen (secondary N) is 2. The van der Waals surface area contributed by atoms with E-state index in [4.69, 9.17) is 11.6 Å². The summed E-state index contributed by atoms with van der Waals surface area (Å²) in [5.41, 5.74) is 0.991. The molecule has 0 saturated carbocycles. The molecule has 1 fully saturated rings. The van der Waals surface area contributed by atoms with E-state index in [1.165, 1.54) is 29.0 Å². The molecule has 4 rings (SSSR count). The van der Waals surface area contributed by atoms with Gasteiger partial charge in [-0.25, -0.2) is 13.9 Å². The van der Waals surface area contributed by atoms with E-state index >= 15 is 0 Å². The first-order valence-electron chi connectivity index (χ1n) is 9.00. The zero-order valence-electron chi connectivity index (χ0n) is 15.8. The zero-order chi connectivity index (χ0) is 21.4. The number of amides is 3. The average molecular weight is 427 g/mol. The van der Waals surface area contributed by atoms with Crippen molar-refractivity contribution in [2.75, 3.05) is 0 Å². The number of aryl methyl sites for hydroxylation is 1. The van der Waals surface area contributed by atoms with Crippen LogP contribution in [-0.2, 0) is 11.3 Å². The van der Waals surface area contributed by atoms with Gasteiger partial charge in [0, 0.05) is 16.3 Å². The Bertz CT molecular complexity index is 1260. The SMILES string of the molecule is Cc1[nH]n(-c2cccc(Cl)c2)c(=O)c1C=C1NC(=O)N(Cc2ccccc2F)C1=O. The molecule has 2 heterocycles. The van der Waals surface area contributed by atoms with Gasteiger partial charge in [-0.15, -0.1) is 0 Å². The van der Waals surface area contributed by atoms with Crippen molar-refractivity contribution in [1.29, 1.82) is 0 Å². The molecule has 1 aliphatic rings. The first kappa shape index (κ1) is 19.7. The minimum absolute atomic E-state index is 0.0613. The van der Waals surface area contributed by atoms with Crippen LogP contribution in [0.2, 0.25) is 5.02 Å². The van der Waals surface area contributed by atoms with E-state index in [1.807, 2.05) is 0 Å². The molecule has 0 unspecified atom stereocenters. The first-order chi connectivity index (χ1) is 14.3. The van der Waals surface area contributed by atoms with Gasteiger partial charge in [0.2, 0.25) is 0 Å². The van der Waals surface area contributed by atoms with Crippen LogP contribution in [0.5, 0.6) is 0 Å². The Hall–Kier alpha value is -3.65. The quantitative estimate of drug-likeness (QED) is 0.495. The number of aromatic amines is 1. The Balaban J connectivity index is 1.66. The summed E-state index contributed by atoms with van der Waals surface area (Å²) in [6.07, 6.45) is 1.32. The molecule has 2 N–H and O–H groups in total. The lowest BCUT2D eigenvalue weighted by molar-refractivity contribution is -0.123. The second kappa shape index (κ2) is 7.64. The molecule has 0 atom stereocenters. The van der Waals surface area contributed by atoms with Gasteiger partial charge in [-0.3, -0.25) is 19.6 Å². The summed E-state index contributed by atoms with van der Waals surface area (Å²) >= 11 is 5.99. The third-order valence-corrected chi connectivity index (χ3v) is 4.96. The van der Waals surface area contributed by atoms with Crippen molar-refractivity contribution in [1.82, 2.24) is 20.0 Å². The molecule has 0 bridgehead atoms. The molecule has 1 saturated heterocycles. The van der Waals surface area contributed by atoms with Crippen LogP contribution in [0, 0.1) is 12.7 Å². The summed E-state index contributed by atoms with van der Waals surface area (Å²) < 4.78 is 15.2. The van der Waals surface area contributed by atoms with Crippen LogP contribution in [0.15, 0.2) is 59.0 Å². The maximum Gasteiger partial charge on any atom is 0.329 e. The Kier molecular flexibility index (Phi) is 5.01. The standard InChI is InChI=1S/C21H16ClFN4O3/c1-12-16(19(28)27(25-12)15-7-4-6-14(22)9-15)10-18-20(29)26(21(30)24-18)11-13-5-2-3-8-17(13)23/h2-10,25H,11H2,1H3,(H,24,30). The molecular weight excluding hydrogens is 411 g/mol. The van der Waals surface area contributed by atoms with E-state index in [-0.39, 0.29) is 23.4 Å². The van der Waals surface area contributed by atoms with Crippen LogP contribution in [0.25, 0.3) is 11.8 Å². The van der Waals surface area contributed by atoms with Crippen molar-refractivity contribution in [3.63, 3.8) is 0 Å². The fourth-order valence-electron chi connectivity index (χ4n) is 3.18. The minimum atomic E-state index is -0.683. The Morgan fingerprint density at radius 3 is 2.60 bits per heavy atom. The third kappa shape index (κ3) is 3.53. The molecule has 3 amide bonds. The molecule has 0 radical (unpaired) electrons. The van der Waals surface area contributed by atoms with Gasteiger partial charge in [0.25, 0.3) is 11.5 Å². The number of carbonyl (C=O) groups excluding carboxylic acids is 2. The van der Waals surface area contributed by atoms with Crippen molar-refractivity contribution in [2.45, 2.75) is 13.5 Å². The van der Waals surface area contributed by atoms with E-state index in [1.54, 1.807) is 37.3 Å². The predicted octanol–water partition coefficient (Wildman–Crippen LogP) is 3.36. The molecule has 152 valence electrons. The van der Waals surface area contributed by atoms with E-state index < -0.39 is 23.3 Å². The highest BCUT2D eigenvalue weighted by Gasteiger charge is 2.34. The Morgan fingerprint density at radius 2 is 1.87 bits per heavy atom. The predicted molar refractivity (Wildman–Crippen MR) is 110 cm³/mol. The van der Waals surface area contributed by atoms with Crippen LogP contribution in [-0.4, -0.2) is 26.6 Å². The maximum atomic E-state index is 13.9. The van der Waals surface area contributed by atoms with Gasteiger partial charge >= 0.3 is 6.03 Å². The summed E-state index contributed by atoms with van der Waals surface area (Å²) in [7, 11) is 0. The van der Waals surface area contributed by atoms with Gasteiger partial charge in [0.1, 0.15) is 11.5 Å². The molecule has 0 aliphatic carbocycles. The van der Waals surface area contributed by atoms with Crippen LogP contribution in [0.3, 0.4) is 0 Å². The summed E-state index contributed by atoms with van der Waals surface area (Å²) in [6, 6.07) is 11.9. The summed E-state index contributed by atoms with van der Waals surface area (Å²) in [6.45, 7) is 1.46. The molecular formula is C21H16ClFN4O3. The van der Waals surface area contributed by atoms with Crippen molar-refractivity contribution in [2.24, 2.45) is 0 Å². The van der Waals surface area contributed by atoms with Crippen LogP contribution in [0.4, 0.5) is 9.18 Å². The molecule has 30 heavy (non-hydrogen) atoms. The van der Waals surface area contributed by atoms with Gasteiger partial charge < -0.3 is 5.32 Å². The number of hydrogen-bond acceptors (Lipinski definition) is 3. The normalized spacial score (nSPS) is 15.2. The first-order valence-corrected chi connectivity index (χ1v) is 9.38. The molecule has 0 spiro atoms. The lowest BCUT2D eigenvalue weighted by atomic mass is 10.2. The average Bonchev–Trinajstić information content (AvgIpc) is 3.14. The number of imide groups is 1. The van der Waals surface area contributed by atoms with Gasteiger partial charge in [-0.1, -0.05) is 35.9 Å². The van der Waals surface area contributed by atoms with E-state index in [9.17, 15) is 18.8 Å². The van der Waals surface area contributed by atoms with E-state index in [0.717, 1.165) is 4.90 Å². The number of aromatic nitrogens is 2. The Labute approximate surface area is 175 Å². The largest absolute Gasteiger partial charge is 0.329 e. The summed E-state index contributed by atoms with van der Waals surface area (Å²) in [5.74, 6) is -1.15. The topological polar surface area (TPSA) is 87.2 Å². The molecule has 7 nitrogen and oxygen atoms in total. The zero-order valence-corrected chi connectivity index (χ0v) is 16.5. The summed E-state index contributed by atoms with van der Waals surface area (Å²) in [4.78, 5) is 38.7. The number of halogens is 2. The molecule has 3 aromatic rings. The molecule has 9 heteroatoms. The van der Waals surface area contributed by atoms with Crippen molar-refractivity contribution in [3.8, 4) is 5.69 Å². The highest BCUT2D eigenvalue weighted by molar-refractivity contribution is 6.30. The van der Waals surface area contributed by atoms with Crippen molar-refractivity contribution >= 4 is 29.6 Å². The number of hydrogen-bond donors (Lipinski definition) is 2. The second-order valence-corrected chi connectivity index (χ2v) is 7.18. The monoisotopic (exact) mass is 426 g/mol. The fourth-order valence-corrected chi connectivity index (χ4v) is 3.37. The smallest absolute Gasteiger partial charge is 0.303 e. The van der Waals surface area contributed by atoms with Crippen LogP contribution >= 0.6 is 11.6 Å². The molecule has 2 aromatic carbocycles. The molecule has 1 aliphatic heterocycles. The molecule has 1 aromatic heterocycles. The third-order valence-electron chi connectivity index (χ3n) is 4.72. The van der Waals surface area contributed by atoms with Crippen LogP contribution < -0.4 is 10.9 Å². The van der Waals surface area contributed by atoms with Crippen molar-refractivity contribution in [3.05, 3.63) is 92.2 Å². The lowest BCUT2D eigenvalue weighted by Crippen LogP contribution is -2.30. The fraction of sp³-hybridized carbons (Fsp3) is 0.0952. The number of carbonyl (C=O) groups is 2. The van der Waals surface area contributed by atoms with Gasteiger partial charge in [-0.2, -0.15) is 0 Å². The van der Waals surface area contributed by atoms with E-state index in [0.29, 0.717) is 16.4 Å². The number of nitrogens with zero attached hydrogens (tertiary/aromatic N) is 2. The number of urea groups is 1. The van der Waals surface area contributed by atoms with Gasteiger partial charge in [0.05, 0.1) is 17.8 Å².